The number of carbonyl (C=O) groups excluding carboxylic acids is 2. The predicted octanol–water partition coefficient (Wildman–Crippen LogP) is 3.13. The summed E-state index contributed by atoms with van der Waals surface area (Å²) in [6.45, 7) is 12.0. The highest BCUT2D eigenvalue weighted by molar-refractivity contribution is 5.94. The topological polar surface area (TPSA) is 61.9 Å². The van der Waals surface area contributed by atoms with Crippen LogP contribution in [0.2, 0.25) is 0 Å². The van der Waals surface area contributed by atoms with Crippen LogP contribution in [-0.2, 0) is 16.0 Å². The van der Waals surface area contributed by atoms with Gasteiger partial charge in [0.05, 0.1) is 6.04 Å². The van der Waals surface area contributed by atoms with Crippen LogP contribution in [0.1, 0.15) is 40.2 Å². The molecule has 0 aromatic heterocycles. The highest BCUT2D eigenvalue weighted by Gasteiger charge is 2.29. The first-order valence-electron chi connectivity index (χ1n) is 9.31. The SMILES string of the molecule is CCc1ccc(NC(=O)C(C)N2CCN(C(=O)OC(C)(C)C)CC2)cc1. The van der Waals surface area contributed by atoms with Gasteiger partial charge >= 0.3 is 6.09 Å². The Kier molecular flexibility index (Phi) is 6.64. The van der Waals surface area contributed by atoms with Crippen LogP contribution in [-0.4, -0.2) is 59.6 Å². The monoisotopic (exact) mass is 361 g/mol. The largest absolute Gasteiger partial charge is 0.444 e. The fraction of sp³-hybridized carbons (Fsp3) is 0.600. The van der Waals surface area contributed by atoms with Crippen molar-refractivity contribution in [3.63, 3.8) is 0 Å². The zero-order chi connectivity index (χ0) is 19.3. The predicted molar refractivity (Wildman–Crippen MR) is 103 cm³/mol. The van der Waals surface area contributed by atoms with E-state index < -0.39 is 5.60 Å². The quantitative estimate of drug-likeness (QED) is 0.895. The molecule has 1 N–H and O–H groups in total. The lowest BCUT2D eigenvalue weighted by Crippen LogP contribution is -2.54. The molecule has 1 fully saturated rings. The van der Waals surface area contributed by atoms with Gasteiger partial charge in [-0.05, 0) is 51.8 Å². The number of hydrogen-bond acceptors (Lipinski definition) is 4. The lowest BCUT2D eigenvalue weighted by Gasteiger charge is -2.37. The minimum absolute atomic E-state index is 0.0278. The van der Waals surface area contributed by atoms with E-state index in [1.165, 1.54) is 5.56 Å². The molecule has 1 aliphatic heterocycles. The van der Waals surface area contributed by atoms with Gasteiger partial charge in [0.1, 0.15) is 5.60 Å². The number of nitrogens with one attached hydrogen (secondary N) is 1. The molecule has 0 spiro atoms. The second-order valence-corrected chi connectivity index (χ2v) is 7.72. The van der Waals surface area contributed by atoms with Gasteiger partial charge in [0.25, 0.3) is 0 Å². The molecule has 0 radical (unpaired) electrons. The van der Waals surface area contributed by atoms with E-state index in [1.54, 1.807) is 4.90 Å². The molecule has 1 aromatic carbocycles. The fourth-order valence-electron chi connectivity index (χ4n) is 2.85. The first-order valence-corrected chi connectivity index (χ1v) is 9.31. The molecular formula is C20H31N3O3. The van der Waals surface area contributed by atoms with Crippen molar-refractivity contribution >= 4 is 17.7 Å². The number of piperazine rings is 1. The molecule has 1 aromatic rings. The molecule has 1 heterocycles. The summed E-state index contributed by atoms with van der Waals surface area (Å²) in [5, 5.41) is 2.97. The van der Waals surface area contributed by atoms with Gasteiger partial charge in [-0.3, -0.25) is 9.69 Å². The number of rotatable bonds is 4. The maximum absolute atomic E-state index is 12.5. The van der Waals surface area contributed by atoms with Gasteiger partial charge in [-0.25, -0.2) is 4.79 Å². The van der Waals surface area contributed by atoms with E-state index >= 15 is 0 Å². The molecule has 0 aliphatic carbocycles. The number of carbonyl (C=O) groups is 2. The molecule has 2 amide bonds. The lowest BCUT2D eigenvalue weighted by molar-refractivity contribution is -0.121. The number of amides is 2. The third-order valence-corrected chi connectivity index (χ3v) is 4.52. The van der Waals surface area contributed by atoms with Crippen molar-refractivity contribution in [3.05, 3.63) is 29.8 Å². The Bertz CT molecular complexity index is 614. The Morgan fingerprint density at radius 1 is 1.12 bits per heavy atom. The Morgan fingerprint density at radius 2 is 1.69 bits per heavy atom. The van der Waals surface area contributed by atoms with Crippen LogP contribution in [0.15, 0.2) is 24.3 Å². The molecule has 0 bridgehead atoms. The summed E-state index contributed by atoms with van der Waals surface area (Å²) in [4.78, 5) is 28.4. The van der Waals surface area contributed by atoms with Crippen LogP contribution in [0.5, 0.6) is 0 Å². The molecular weight excluding hydrogens is 330 g/mol. The van der Waals surface area contributed by atoms with Crippen LogP contribution >= 0.6 is 0 Å². The summed E-state index contributed by atoms with van der Waals surface area (Å²) in [7, 11) is 0. The van der Waals surface area contributed by atoms with Gasteiger partial charge < -0.3 is 15.0 Å². The molecule has 1 atom stereocenters. The van der Waals surface area contributed by atoms with Gasteiger partial charge in [-0.2, -0.15) is 0 Å². The summed E-state index contributed by atoms with van der Waals surface area (Å²) in [5.41, 5.74) is 1.56. The van der Waals surface area contributed by atoms with Crippen molar-refractivity contribution in [2.45, 2.75) is 52.7 Å². The summed E-state index contributed by atoms with van der Waals surface area (Å²) in [5.74, 6) is -0.0278. The van der Waals surface area contributed by atoms with Gasteiger partial charge in [-0.15, -0.1) is 0 Å². The molecule has 6 nitrogen and oxygen atoms in total. The molecule has 26 heavy (non-hydrogen) atoms. The van der Waals surface area contributed by atoms with Gasteiger partial charge in [0.15, 0.2) is 0 Å². The number of hydrogen-bond donors (Lipinski definition) is 1. The zero-order valence-electron chi connectivity index (χ0n) is 16.5. The molecule has 1 aliphatic rings. The minimum atomic E-state index is -0.491. The maximum Gasteiger partial charge on any atom is 0.410 e. The minimum Gasteiger partial charge on any atom is -0.444 e. The van der Waals surface area contributed by atoms with Crippen LogP contribution in [0.3, 0.4) is 0 Å². The average Bonchev–Trinajstić information content (AvgIpc) is 2.60. The summed E-state index contributed by atoms with van der Waals surface area (Å²) >= 11 is 0. The smallest absolute Gasteiger partial charge is 0.410 e. The van der Waals surface area contributed by atoms with Crippen LogP contribution in [0.25, 0.3) is 0 Å². The van der Waals surface area contributed by atoms with Crippen LogP contribution in [0, 0.1) is 0 Å². The van der Waals surface area contributed by atoms with E-state index in [-0.39, 0.29) is 18.0 Å². The summed E-state index contributed by atoms with van der Waals surface area (Å²) < 4.78 is 5.41. The van der Waals surface area contributed by atoms with E-state index in [9.17, 15) is 9.59 Å². The first kappa shape index (κ1) is 20.2. The van der Waals surface area contributed by atoms with E-state index in [4.69, 9.17) is 4.74 Å². The van der Waals surface area contributed by atoms with E-state index in [1.807, 2.05) is 52.0 Å². The second kappa shape index (κ2) is 8.54. The maximum atomic E-state index is 12.5. The van der Waals surface area contributed by atoms with E-state index in [0.29, 0.717) is 26.2 Å². The molecule has 0 saturated carbocycles. The zero-order valence-corrected chi connectivity index (χ0v) is 16.5. The van der Waals surface area contributed by atoms with Crippen molar-refractivity contribution in [3.8, 4) is 0 Å². The Morgan fingerprint density at radius 3 is 2.19 bits per heavy atom. The summed E-state index contributed by atoms with van der Waals surface area (Å²) in [6.07, 6.45) is 0.692. The number of anilines is 1. The molecule has 1 saturated heterocycles. The van der Waals surface area contributed by atoms with Crippen molar-refractivity contribution in [2.24, 2.45) is 0 Å². The highest BCUT2D eigenvalue weighted by Crippen LogP contribution is 2.15. The standard InChI is InChI=1S/C20H31N3O3/c1-6-16-7-9-17(10-8-16)21-18(24)15(2)22-11-13-23(14-12-22)19(25)26-20(3,4)5/h7-10,15H,6,11-14H2,1-5H3,(H,21,24). The van der Waals surface area contributed by atoms with E-state index in [2.05, 4.69) is 17.1 Å². The Labute approximate surface area is 156 Å². The van der Waals surface area contributed by atoms with Crippen LogP contribution in [0.4, 0.5) is 10.5 Å². The molecule has 2 rings (SSSR count). The fourth-order valence-corrected chi connectivity index (χ4v) is 2.85. The van der Waals surface area contributed by atoms with Gasteiger partial charge in [0.2, 0.25) is 5.91 Å². The van der Waals surface area contributed by atoms with Crippen molar-refractivity contribution < 1.29 is 14.3 Å². The number of benzene rings is 1. The number of ether oxygens (including phenoxy) is 1. The normalized spacial score (nSPS) is 16.9. The third kappa shape index (κ3) is 5.73. The first-order chi connectivity index (χ1) is 12.2. The summed E-state index contributed by atoms with van der Waals surface area (Å²) in [6, 6.07) is 7.68. The van der Waals surface area contributed by atoms with E-state index in [0.717, 1.165) is 12.1 Å². The van der Waals surface area contributed by atoms with Gasteiger partial charge in [-0.1, -0.05) is 19.1 Å². The van der Waals surface area contributed by atoms with Crippen molar-refractivity contribution in [1.82, 2.24) is 9.80 Å². The van der Waals surface area contributed by atoms with Crippen molar-refractivity contribution in [1.29, 1.82) is 0 Å². The molecule has 144 valence electrons. The number of aryl methyl sites for hydroxylation is 1. The molecule has 1 unspecified atom stereocenters. The van der Waals surface area contributed by atoms with Crippen LogP contribution < -0.4 is 5.32 Å². The molecule has 6 heteroatoms. The third-order valence-electron chi connectivity index (χ3n) is 4.52. The highest BCUT2D eigenvalue weighted by atomic mass is 16.6. The number of nitrogens with zero attached hydrogens (tertiary/aromatic N) is 2. The second-order valence-electron chi connectivity index (χ2n) is 7.72. The lowest BCUT2D eigenvalue weighted by atomic mass is 10.1. The Balaban J connectivity index is 1.84. The van der Waals surface area contributed by atoms with Crippen molar-refractivity contribution in [2.75, 3.05) is 31.5 Å². The average molecular weight is 361 g/mol. The Hall–Kier alpha value is -2.08. The van der Waals surface area contributed by atoms with Gasteiger partial charge in [0, 0.05) is 31.9 Å².